The Morgan fingerprint density at radius 3 is 2.41 bits per heavy atom. The molecule has 0 heterocycles. The van der Waals surface area contributed by atoms with E-state index in [1.165, 1.54) is 25.4 Å². The first kappa shape index (κ1) is 14.4. The maximum Gasteiger partial charge on any atom is 0.325 e. The molecule has 1 fully saturated rings. The highest BCUT2D eigenvalue weighted by Crippen LogP contribution is 2.35. The summed E-state index contributed by atoms with van der Waals surface area (Å²) in [5, 5.41) is -1.19. The minimum Gasteiger partial charge on any atom is -0.468 e. The molecule has 6 nitrogen and oxygen atoms in total. The number of hydrogen-bond donors (Lipinski definition) is 1. The minimum absolute atomic E-state index is 0.216. The first-order chi connectivity index (χ1) is 7.86. The second kappa shape index (κ2) is 5.32. The Hall–Kier alpha value is -0.660. The molecule has 1 aliphatic rings. The summed E-state index contributed by atoms with van der Waals surface area (Å²) >= 11 is 0. The van der Waals surface area contributed by atoms with Crippen LogP contribution < -0.4 is 5.73 Å². The van der Waals surface area contributed by atoms with Gasteiger partial charge in [0.2, 0.25) is 10.0 Å². The second-order valence-electron chi connectivity index (χ2n) is 4.37. The molecule has 1 rings (SSSR count). The van der Waals surface area contributed by atoms with Gasteiger partial charge in [-0.1, -0.05) is 0 Å². The maximum absolute atomic E-state index is 12.1. The summed E-state index contributed by atoms with van der Waals surface area (Å²) in [6.07, 6.45) is 1.99. The van der Waals surface area contributed by atoms with Crippen molar-refractivity contribution in [2.75, 3.05) is 20.7 Å². The van der Waals surface area contributed by atoms with Gasteiger partial charge in [-0.3, -0.25) is 4.79 Å². The van der Waals surface area contributed by atoms with Gasteiger partial charge in [-0.2, -0.15) is 4.31 Å². The van der Waals surface area contributed by atoms with Crippen molar-refractivity contribution < 1.29 is 17.9 Å². The molecule has 0 aromatic heterocycles. The number of likely N-dealkylation sites (N-methyl/N-ethyl adjacent to an activating group) is 1. The Morgan fingerprint density at radius 1 is 1.53 bits per heavy atom. The highest BCUT2D eigenvalue weighted by atomic mass is 32.2. The highest BCUT2D eigenvalue weighted by molar-refractivity contribution is 7.90. The van der Waals surface area contributed by atoms with Crippen LogP contribution >= 0.6 is 0 Å². The van der Waals surface area contributed by atoms with Crippen molar-refractivity contribution in [2.24, 2.45) is 11.7 Å². The van der Waals surface area contributed by atoms with Crippen molar-refractivity contribution in [3.63, 3.8) is 0 Å². The van der Waals surface area contributed by atoms with Crippen LogP contribution in [0.1, 0.15) is 19.8 Å². The van der Waals surface area contributed by atoms with Crippen LogP contribution in [0, 0.1) is 5.92 Å². The summed E-state index contributed by atoms with van der Waals surface area (Å²) in [5.41, 5.74) is 5.60. The Labute approximate surface area is 102 Å². The largest absolute Gasteiger partial charge is 0.468 e. The van der Waals surface area contributed by atoms with Crippen molar-refractivity contribution >= 4 is 16.0 Å². The number of hydrogen-bond acceptors (Lipinski definition) is 5. The number of esters is 1. The van der Waals surface area contributed by atoms with Gasteiger partial charge < -0.3 is 10.5 Å². The Balaban J connectivity index is 2.84. The highest BCUT2D eigenvalue weighted by Gasteiger charge is 2.41. The van der Waals surface area contributed by atoms with Crippen LogP contribution in [0.3, 0.4) is 0 Å². The van der Waals surface area contributed by atoms with E-state index in [0.29, 0.717) is 5.92 Å². The number of ether oxygens (including phenoxy) is 1. The average molecular weight is 264 g/mol. The van der Waals surface area contributed by atoms with E-state index in [4.69, 9.17) is 5.73 Å². The number of nitrogens with two attached hydrogens (primary N) is 1. The summed E-state index contributed by atoms with van der Waals surface area (Å²) in [5.74, 6) is -0.423. The van der Waals surface area contributed by atoms with Gasteiger partial charge in [-0.05, 0) is 25.7 Å². The molecule has 0 amide bonds. The molecule has 7 heteroatoms. The zero-order chi connectivity index (χ0) is 13.2. The van der Waals surface area contributed by atoms with Gasteiger partial charge in [-0.15, -0.1) is 0 Å². The van der Waals surface area contributed by atoms with E-state index >= 15 is 0 Å². The summed E-state index contributed by atoms with van der Waals surface area (Å²) in [7, 11) is -1.03. The monoisotopic (exact) mass is 264 g/mol. The van der Waals surface area contributed by atoms with Crippen molar-refractivity contribution in [1.82, 2.24) is 4.31 Å². The van der Waals surface area contributed by atoms with Crippen LogP contribution in [0.15, 0.2) is 0 Å². The van der Waals surface area contributed by atoms with Crippen LogP contribution in [0.25, 0.3) is 0 Å². The quantitative estimate of drug-likeness (QED) is 0.656. The van der Waals surface area contributed by atoms with Gasteiger partial charge in [0.1, 0.15) is 0 Å². The van der Waals surface area contributed by atoms with Gasteiger partial charge in [0.15, 0.2) is 5.25 Å². The van der Waals surface area contributed by atoms with Crippen LogP contribution in [0.2, 0.25) is 0 Å². The predicted octanol–water partition coefficient (Wildman–Crippen LogP) is -0.453. The van der Waals surface area contributed by atoms with Gasteiger partial charge in [0, 0.05) is 19.6 Å². The second-order valence-corrected chi connectivity index (χ2v) is 6.68. The smallest absolute Gasteiger partial charge is 0.325 e. The van der Waals surface area contributed by atoms with Crippen molar-refractivity contribution in [1.29, 1.82) is 0 Å². The third-order valence-electron chi connectivity index (χ3n) is 3.26. The van der Waals surface area contributed by atoms with E-state index in [2.05, 4.69) is 4.74 Å². The molecule has 17 heavy (non-hydrogen) atoms. The molecule has 1 aliphatic carbocycles. The fraction of sp³-hybridized carbons (Fsp3) is 0.900. The van der Waals surface area contributed by atoms with E-state index in [9.17, 15) is 13.2 Å². The summed E-state index contributed by atoms with van der Waals surface area (Å²) < 4.78 is 30.0. The van der Waals surface area contributed by atoms with Gasteiger partial charge in [0.05, 0.1) is 7.11 Å². The zero-order valence-electron chi connectivity index (χ0n) is 10.4. The topological polar surface area (TPSA) is 89.7 Å². The van der Waals surface area contributed by atoms with Crippen molar-refractivity contribution in [3.05, 3.63) is 0 Å². The van der Waals surface area contributed by atoms with Gasteiger partial charge in [-0.25, -0.2) is 8.42 Å². The lowest BCUT2D eigenvalue weighted by Crippen LogP contribution is -2.48. The third-order valence-corrected chi connectivity index (χ3v) is 5.42. The fourth-order valence-corrected chi connectivity index (χ4v) is 3.32. The standard InChI is InChI=1S/C10H20N2O4S/c1-7(10(13)16-3)17(14,15)12(2)9(6-11)8-4-5-8/h7-9H,4-6,11H2,1-3H3. The number of rotatable bonds is 6. The summed E-state index contributed by atoms with van der Waals surface area (Å²) in [6.45, 7) is 1.60. The average Bonchev–Trinajstić information content (AvgIpc) is 3.12. The Kier molecular flexibility index (Phi) is 4.51. The molecule has 0 spiro atoms. The third kappa shape index (κ3) is 2.97. The number of methoxy groups -OCH3 is 1. The fourth-order valence-electron chi connectivity index (χ4n) is 1.84. The molecule has 0 radical (unpaired) electrons. The van der Waals surface area contributed by atoms with Crippen LogP contribution in [0.4, 0.5) is 0 Å². The normalized spacial score (nSPS) is 20.1. The molecule has 2 atom stereocenters. The molecule has 100 valence electrons. The maximum atomic E-state index is 12.1. The first-order valence-corrected chi connectivity index (χ1v) is 7.11. The lowest BCUT2D eigenvalue weighted by molar-refractivity contribution is -0.139. The van der Waals surface area contributed by atoms with Gasteiger partial charge in [0.25, 0.3) is 0 Å². The van der Waals surface area contributed by atoms with E-state index in [1.54, 1.807) is 0 Å². The Morgan fingerprint density at radius 2 is 2.06 bits per heavy atom. The van der Waals surface area contributed by atoms with Crippen LogP contribution in [-0.4, -0.2) is 50.7 Å². The number of carbonyl (C=O) groups is 1. The van der Waals surface area contributed by atoms with Gasteiger partial charge >= 0.3 is 5.97 Å². The van der Waals surface area contributed by atoms with E-state index in [1.807, 2.05) is 0 Å². The molecule has 2 unspecified atom stereocenters. The van der Waals surface area contributed by atoms with E-state index in [0.717, 1.165) is 12.8 Å². The van der Waals surface area contributed by atoms with E-state index in [-0.39, 0.29) is 12.6 Å². The van der Waals surface area contributed by atoms with Crippen LogP contribution in [-0.2, 0) is 19.6 Å². The first-order valence-electron chi connectivity index (χ1n) is 5.61. The molecule has 0 saturated heterocycles. The lowest BCUT2D eigenvalue weighted by Gasteiger charge is -2.28. The van der Waals surface area contributed by atoms with Crippen LogP contribution in [0.5, 0.6) is 0 Å². The predicted molar refractivity (Wildman–Crippen MR) is 63.7 cm³/mol. The number of sulfonamides is 1. The molecule has 1 saturated carbocycles. The molecule has 0 bridgehead atoms. The Bertz CT molecular complexity index is 378. The molecule has 2 N–H and O–H groups in total. The molecular formula is C10H20N2O4S. The van der Waals surface area contributed by atoms with Crippen molar-refractivity contribution in [3.8, 4) is 0 Å². The summed E-state index contributed by atoms with van der Waals surface area (Å²) in [6, 6.07) is -0.216. The molecule has 0 aliphatic heterocycles. The van der Waals surface area contributed by atoms with E-state index < -0.39 is 21.2 Å². The summed E-state index contributed by atoms with van der Waals surface area (Å²) in [4.78, 5) is 11.3. The number of carbonyl (C=O) groups excluding carboxylic acids is 1. The lowest BCUT2D eigenvalue weighted by atomic mass is 10.2. The zero-order valence-corrected chi connectivity index (χ0v) is 11.2. The number of nitrogens with zero attached hydrogens (tertiary/aromatic N) is 1. The minimum atomic E-state index is -3.69. The molecular weight excluding hydrogens is 244 g/mol. The molecule has 0 aromatic carbocycles. The SMILES string of the molecule is COC(=O)C(C)S(=O)(=O)N(C)C(CN)C1CC1. The molecule has 0 aromatic rings. The van der Waals surface area contributed by atoms with Crippen molar-refractivity contribution in [2.45, 2.75) is 31.1 Å².